The van der Waals surface area contributed by atoms with Crippen LogP contribution in [0.4, 0.5) is 10.1 Å². The number of nitro groups is 1. The van der Waals surface area contributed by atoms with Crippen LogP contribution >= 0.6 is 11.6 Å². The Balaban J connectivity index is 2.79. The van der Waals surface area contributed by atoms with Crippen LogP contribution in [-0.4, -0.2) is 9.91 Å². The van der Waals surface area contributed by atoms with Gasteiger partial charge in [-0.2, -0.15) is 0 Å². The lowest BCUT2D eigenvalue weighted by molar-refractivity contribution is -0.383. The van der Waals surface area contributed by atoms with Crippen molar-refractivity contribution >= 4 is 28.2 Å². The summed E-state index contributed by atoms with van der Waals surface area (Å²) < 4.78 is 13.6. The predicted octanol–water partition coefficient (Wildman–Crippen LogP) is 3.89. The molecule has 0 aliphatic heterocycles. The number of pyridine rings is 1. The molecule has 0 saturated heterocycles. The lowest BCUT2D eigenvalue weighted by atomic mass is 10.1. The standard InChI is InChI=1S/C12H10ClFN2O2/c1-2-3-7-6-8-10(16(17)18)5-4-9(14)11(8)15-12(7)13/h4-6H,2-3H2,1H3. The largest absolute Gasteiger partial charge is 0.278 e. The Hall–Kier alpha value is -1.75. The first-order chi connectivity index (χ1) is 8.54. The SMILES string of the molecule is CCCc1cc2c([N+](=O)[O-])ccc(F)c2nc1Cl. The predicted molar refractivity (Wildman–Crippen MR) is 67.4 cm³/mol. The van der Waals surface area contributed by atoms with Crippen LogP contribution in [0.25, 0.3) is 10.9 Å². The second-order valence-electron chi connectivity index (χ2n) is 3.91. The van der Waals surface area contributed by atoms with Gasteiger partial charge in [0.05, 0.1) is 10.3 Å². The van der Waals surface area contributed by atoms with E-state index in [1.54, 1.807) is 6.07 Å². The first-order valence-electron chi connectivity index (χ1n) is 5.46. The smallest absolute Gasteiger partial charge is 0.258 e. The van der Waals surface area contributed by atoms with Gasteiger partial charge in [-0.15, -0.1) is 0 Å². The summed E-state index contributed by atoms with van der Waals surface area (Å²) in [6.07, 6.45) is 1.48. The van der Waals surface area contributed by atoms with Crippen molar-refractivity contribution in [3.63, 3.8) is 0 Å². The van der Waals surface area contributed by atoms with E-state index in [1.165, 1.54) is 0 Å². The highest BCUT2D eigenvalue weighted by Crippen LogP contribution is 2.30. The van der Waals surface area contributed by atoms with E-state index in [4.69, 9.17) is 11.6 Å². The molecule has 0 aliphatic carbocycles. The van der Waals surface area contributed by atoms with Gasteiger partial charge in [-0.3, -0.25) is 10.1 Å². The maximum atomic E-state index is 13.6. The average molecular weight is 269 g/mol. The molecule has 18 heavy (non-hydrogen) atoms. The molecular weight excluding hydrogens is 259 g/mol. The van der Waals surface area contributed by atoms with Crippen LogP contribution in [0.3, 0.4) is 0 Å². The molecular formula is C12H10ClFN2O2. The van der Waals surface area contributed by atoms with Crippen molar-refractivity contribution in [3.8, 4) is 0 Å². The Bertz CT molecular complexity index is 631. The molecule has 0 saturated carbocycles. The molecule has 4 nitrogen and oxygen atoms in total. The van der Waals surface area contributed by atoms with Crippen molar-refractivity contribution in [1.82, 2.24) is 4.98 Å². The molecule has 0 fully saturated rings. The van der Waals surface area contributed by atoms with E-state index in [0.29, 0.717) is 12.0 Å². The number of aromatic nitrogens is 1. The van der Waals surface area contributed by atoms with E-state index in [2.05, 4.69) is 4.98 Å². The zero-order valence-electron chi connectivity index (χ0n) is 9.61. The average Bonchev–Trinajstić information content (AvgIpc) is 2.31. The third-order valence-electron chi connectivity index (χ3n) is 2.65. The lowest BCUT2D eigenvalue weighted by Crippen LogP contribution is -1.96. The van der Waals surface area contributed by atoms with E-state index >= 15 is 0 Å². The van der Waals surface area contributed by atoms with E-state index in [0.717, 1.165) is 18.6 Å². The van der Waals surface area contributed by atoms with Crippen molar-refractivity contribution in [2.75, 3.05) is 0 Å². The summed E-state index contributed by atoms with van der Waals surface area (Å²) in [5.74, 6) is -0.611. The number of halogens is 2. The number of hydrogen-bond acceptors (Lipinski definition) is 3. The van der Waals surface area contributed by atoms with Crippen LogP contribution in [0, 0.1) is 15.9 Å². The van der Waals surface area contributed by atoms with Gasteiger partial charge in [-0.05, 0) is 24.1 Å². The van der Waals surface area contributed by atoms with Gasteiger partial charge in [0.1, 0.15) is 16.5 Å². The summed E-state index contributed by atoms with van der Waals surface area (Å²) in [7, 11) is 0. The Kier molecular flexibility index (Phi) is 3.43. The number of non-ortho nitro benzene ring substituents is 1. The van der Waals surface area contributed by atoms with Gasteiger partial charge in [0.15, 0.2) is 0 Å². The fraction of sp³-hybridized carbons (Fsp3) is 0.250. The molecule has 0 amide bonds. The Morgan fingerprint density at radius 1 is 1.50 bits per heavy atom. The van der Waals surface area contributed by atoms with Gasteiger partial charge < -0.3 is 0 Å². The van der Waals surface area contributed by atoms with Crippen molar-refractivity contribution in [3.05, 3.63) is 44.8 Å². The van der Waals surface area contributed by atoms with Crippen LogP contribution in [-0.2, 0) is 6.42 Å². The highest BCUT2D eigenvalue weighted by molar-refractivity contribution is 6.30. The second kappa shape index (κ2) is 4.86. The molecule has 0 N–H and O–H groups in total. The summed E-state index contributed by atoms with van der Waals surface area (Å²) in [4.78, 5) is 14.3. The Labute approximate surface area is 108 Å². The van der Waals surface area contributed by atoms with Crippen molar-refractivity contribution in [1.29, 1.82) is 0 Å². The van der Waals surface area contributed by atoms with Crippen LogP contribution in [0.1, 0.15) is 18.9 Å². The van der Waals surface area contributed by atoms with Crippen LogP contribution < -0.4 is 0 Å². The number of nitro benzene ring substituents is 1. The molecule has 0 radical (unpaired) electrons. The minimum absolute atomic E-state index is 0.0611. The first kappa shape index (κ1) is 12.7. The fourth-order valence-electron chi connectivity index (χ4n) is 1.83. The molecule has 0 aliphatic rings. The van der Waals surface area contributed by atoms with E-state index in [-0.39, 0.29) is 21.7 Å². The third kappa shape index (κ3) is 2.13. The number of rotatable bonds is 3. The van der Waals surface area contributed by atoms with Crippen molar-refractivity contribution < 1.29 is 9.31 Å². The summed E-state index contributed by atoms with van der Waals surface area (Å²) in [5, 5.41) is 11.3. The normalized spacial score (nSPS) is 10.8. The van der Waals surface area contributed by atoms with Crippen LogP contribution in [0.5, 0.6) is 0 Å². The number of nitrogens with zero attached hydrogens (tertiary/aromatic N) is 2. The summed E-state index contributed by atoms with van der Waals surface area (Å²) in [5.41, 5.74) is 0.474. The lowest BCUT2D eigenvalue weighted by Gasteiger charge is -2.06. The van der Waals surface area contributed by atoms with Gasteiger partial charge in [-0.1, -0.05) is 24.9 Å². The highest BCUT2D eigenvalue weighted by Gasteiger charge is 2.17. The fourth-order valence-corrected chi connectivity index (χ4v) is 2.07. The number of benzene rings is 1. The zero-order valence-corrected chi connectivity index (χ0v) is 10.4. The number of aryl methyl sites for hydroxylation is 1. The van der Waals surface area contributed by atoms with E-state index in [1.807, 2.05) is 6.92 Å². The topological polar surface area (TPSA) is 56.0 Å². The van der Waals surface area contributed by atoms with Crippen LogP contribution in [0.15, 0.2) is 18.2 Å². The third-order valence-corrected chi connectivity index (χ3v) is 2.98. The molecule has 2 aromatic rings. The molecule has 1 heterocycles. The summed E-state index contributed by atoms with van der Waals surface area (Å²) >= 11 is 5.94. The Morgan fingerprint density at radius 3 is 2.83 bits per heavy atom. The molecule has 0 spiro atoms. The zero-order chi connectivity index (χ0) is 13.3. The van der Waals surface area contributed by atoms with Gasteiger partial charge in [0, 0.05) is 6.07 Å². The van der Waals surface area contributed by atoms with Gasteiger partial charge in [-0.25, -0.2) is 9.37 Å². The minimum Gasteiger partial charge on any atom is -0.258 e. The number of hydrogen-bond donors (Lipinski definition) is 0. The molecule has 1 aromatic carbocycles. The molecule has 1 aromatic heterocycles. The Morgan fingerprint density at radius 2 is 2.22 bits per heavy atom. The highest BCUT2D eigenvalue weighted by atomic mass is 35.5. The molecule has 0 atom stereocenters. The van der Waals surface area contributed by atoms with Crippen molar-refractivity contribution in [2.45, 2.75) is 19.8 Å². The maximum absolute atomic E-state index is 13.6. The first-order valence-corrected chi connectivity index (χ1v) is 5.84. The van der Waals surface area contributed by atoms with Crippen molar-refractivity contribution in [2.24, 2.45) is 0 Å². The van der Waals surface area contributed by atoms with Crippen LogP contribution in [0.2, 0.25) is 5.15 Å². The molecule has 2 rings (SSSR count). The van der Waals surface area contributed by atoms with E-state index < -0.39 is 10.7 Å². The molecule has 0 bridgehead atoms. The molecule has 0 unspecified atom stereocenters. The maximum Gasteiger partial charge on any atom is 0.278 e. The quantitative estimate of drug-likeness (QED) is 0.482. The monoisotopic (exact) mass is 268 g/mol. The minimum atomic E-state index is -0.611. The second-order valence-corrected chi connectivity index (χ2v) is 4.27. The summed E-state index contributed by atoms with van der Waals surface area (Å²) in [6, 6.07) is 3.72. The van der Waals surface area contributed by atoms with Gasteiger partial charge >= 0.3 is 0 Å². The number of fused-ring (bicyclic) bond motifs is 1. The van der Waals surface area contributed by atoms with E-state index in [9.17, 15) is 14.5 Å². The molecule has 94 valence electrons. The van der Waals surface area contributed by atoms with Gasteiger partial charge in [0.2, 0.25) is 0 Å². The van der Waals surface area contributed by atoms with Gasteiger partial charge in [0.25, 0.3) is 5.69 Å². The molecule has 6 heteroatoms. The summed E-state index contributed by atoms with van der Waals surface area (Å²) in [6.45, 7) is 1.96.